The molecule has 0 heterocycles. The molecule has 3 nitrogen and oxygen atoms in total. The second-order valence-electron chi connectivity index (χ2n) is 5.22. The zero-order valence-corrected chi connectivity index (χ0v) is 11.7. The first-order valence-electron chi connectivity index (χ1n) is 6.96. The van der Waals surface area contributed by atoms with Gasteiger partial charge in [0.15, 0.2) is 0 Å². The molecule has 0 aromatic heterocycles. The van der Waals surface area contributed by atoms with Crippen molar-refractivity contribution < 1.29 is 14.3 Å². The van der Waals surface area contributed by atoms with Crippen LogP contribution in [-0.4, -0.2) is 19.5 Å². The van der Waals surface area contributed by atoms with Crippen molar-refractivity contribution >= 4 is 6.29 Å². The maximum Gasteiger partial charge on any atom is 0.123 e. The molecule has 0 unspecified atom stereocenters. The molecule has 0 radical (unpaired) electrons. The number of aldehydes is 1. The average Bonchev–Trinajstić information content (AvgIpc) is 2.88. The molecule has 0 N–H and O–H groups in total. The van der Waals surface area contributed by atoms with Crippen molar-refractivity contribution in [1.29, 1.82) is 0 Å². The molecule has 19 heavy (non-hydrogen) atoms. The van der Waals surface area contributed by atoms with Crippen molar-refractivity contribution in [3.8, 4) is 5.75 Å². The van der Waals surface area contributed by atoms with Crippen LogP contribution in [0.25, 0.3) is 0 Å². The summed E-state index contributed by atoms with van der Waals surface area (Å²) in [5, 5.41) is 0. The van der Waals surface area contributed by atoms with E-state index >= 15 is 0 Å². The van der Waals surface area contributed by atoms with E-state index in [1.54, 1.807) is 7.11 Å². The summed E-state index contributed by atoms with van der Waals surface area (Å²) in [5.41, 5.74) is 1.14. The van der Waals surface area contributed by atoms with Crippen LogP contribution in [0.4, 0.5) is 0 Å². The summed E-state index contributed by atoms with van der Waals surface area (Å²) in [4.78, 5) is 11.0. The van der Waals surface area contributed by atoms with Gasteiger partial charge < -0.3 is 14.3 Å². The molecule has 1 saturated carbocycles. The fourth-order valence-corrected chi connectivity index (χ4v) is 2.81. The van der Waals surface area contributed by atoms with E-state index in [1.807, 2.05) is 24.3 Å². The Labute approximate surface area is 114 Å². The van der Waals surface area contributed by atoms with Gasteiger partial charge in [0, 0.05) is 5.92 Å². The highest BCUT2D eigenvalue weighted by Crippen LogP contribution is 2.35. The SMILES string of the molecule is CC[C@@H]1C[C@H](OCc2ccc(OC)cc2)C[C@@H]1C=O. The van der Waals surface area contributed by atoms with Gasteiger partial charge in [-0.05, 0) is 36.5 Å². The maximum absolute atomic E-state index is 11.0. The minimum absolute atomic E-state index is 0.186. The monoisotopic (exact) mass is 262 g/mol. The first-order valence-corrected chi connectivity index (χ1v) is 6.96. The molecule has 3 heteroatoms. The van der Waals surface area contributed by atoms with Crippen LogP contribution >= 0.6 is 0 Å². The lowest BCUT2D eigenvalue weighted by molar-refractivity contribution is -0.112. The van der Waals surface area contributed by atoms with Crippen molar-refractivity contribution in [2.45, 2.75) is 38.9 Å². The molecule has 1 fully saturated rings. The van der Waals surface area contributed by atoms with Crippen molar-refractivity contribution in [2.24, 2.45) is 11.8 Å². The normalized spacial score (nSPS) is 26.3. The molecule has 2 rings (SSSR count). The molecular formula is C16H22O3. The summed E-state index contributed by atoms with van der Waals surface area (Å²) in [6.07, 6.45) is 4.27. The summed E-state index contributed by atoms with van der Waals surface area (Å²) in [7, 11) is 1.66. The number of hydrogen-bond acceptors (Lipinski definition) is 3. The van der Waals surface area contributed by atoms with Crippen LogP contribution < -0.4 is 4.74 Å². The fraction of sp³-hybridized carbons (Fsp3) is 0.562. The van der Waals surface area contributed by atoms with Gasteiger partial charge in [-0.2, -0.15) is 0 Å². The Morgan fingerprint density at radius 3 is 2.53 bits per heavy atom. The summed E-state index contributed by atoms with van der Waals surface area (Å²) < 4.78 is 11.1. The molecule has 0 aliphatic heterocycles. The Morgan fingerprint density at radius 2 is 2.00 bits per heavy atom. The van der Waals surface area contributed by atoms with Gasteiger partial charge in [-0.1, -0.05) is 25.5 Å². The van der Waals surface area contributed by atoms with Crippen LogP contribution in [0, 0.1) is 11.8 Å². The zero-order valence-electron chi connectivity index (χ0n) is 11.7. The Hall–Kier alpha value is -1.35. The van der Waals surface area contributed by atoms with Crippen LogP contribution in [0.3, 0.4) is 0 Å². The molecule has 1 aromatic rings. The standard InChI is InChI=1S/C16H22O3/c1-3-13-8-16(9-14(13)10-17)19-11-12-4-6-15(18-2)7-5-12/h4-7,10,13-14,16H,3,8-9,11H2,1-2H3/t13-,14-,16+/m1/s1. The highest BCUT2D eigenvalue weighted by molar-refractivity contribution is 5.54. The van der Waals surface area contributed by atoms with Crippen LogP contribution in [0.1, 0.15) is 31.7 Å². The van der Waals surface area contributed by atoms with Gasteiger partial charge in [0.1, 0.15) is 12.0 Å². The molecule has 1 aliphatic carbocycles. The number of benzene rings is 1. The van der Waals surface area contributed by atoms with E-state index < -0.39 is 0 Å². The number of methoxy groups -OCH3 is 1. The zero-order chi connectivity index (χ0) is 13.7. The van der Waals surface area contributed by atoms with Gasteiger partial charge >= 0.3 is 0 Å². The fourth-order valence-electron chi connectivity index (χ4n) is 2.81. The predicted molar refractivity (Wildman–Crippen MR) is 74.1 cm³/mol. The van der Waals surface area contributed by atoms with E-state index in [0.29, 0.717) is 12.5 Å². The lowest BCUT2D eigenvalue weighted by atomic mass is 9.95. The molecule has 0 spiro atoms. The third kappa shape index (κ3) is 3.57. The largest absolute Gasteiger partial charge is 0.497 e. The number of rotatable bonds is 6. The Morgan fingerprint density at radius 1 is 1.26 bits per heavy atom. The third-order valence-electron chi connectivity index (χ3n) is 4.05. The van der Waals surface area contributed by atoms with E-state index in [9.17, 15) is 4.79 Å². The molecule has 104 valence electrons. The highest BCUT2D eigenvalue weighted by atomic mass is 16.5. The van der Waals surface area contributed by atoms with Crippen molar-refractivity contribution in [3.05, 3.63) is 29.8 Å². The Bertz CT molecular complexity index is 399. The summed E-state index contributed by atoms with van der Waals surface area (Å²) in [6.45, 7) is 2.75. The molecular weight excluding hydrogens is 240 g/mol. The van der Waals surface area contributed by atoms with E-state index in [1.165, 1.54) is 0 Å². The number of hydrogen-bond donors (Lipinski definition) is 0. The van der Waals surface area contributed by atoms with Crippen LogP contribution in [0.2, 0.25) is 0 Å². The smallest absolute Gasteiger partial charge is 0.123 e. The van der Waals surface area contributed by atoms with Gasteiger partial charge in [0.05, 0.1) is 19.8 Å². The van der Waals surface area contributed by atoms with Gasteiger partial charge in [-0.25, -0.2) is 0 Å². The number of carbonyl (C=O) groups excluding carboxylic acids is 1. The third-order valence-corrected chi connectivity index (χ3v) is 4.05. The van der Waals surface area contributed by atoms with Crippen LogP contribution in [0.15, 0.2) is 24.3 Å². The first-order chi connectivity index (χ1) is 9.26. The first kappa shape index (κ1) is 14.1. The lowest BCUT2D eigenvalue weighted by Crippen LogP contribution is -2.08. The van der Waals surface area contributed by atoms with Crippen LogP contribution in [-0.2, 0) is 16.1 Å². The Balaban J connectivity index is 1.83. The van der Waals surface area contributed by atoms with Gasteiger partial charge in [0.2, 0.25) is 0 Å². The molecule has 0 amide bonds. The quantitative estimate of drug-likeness (QED) is 0.738. The summed E-state index contributed by atoms with van der Waals surface area (Å²) in [5.74, 6) is 1.54. The van der Waals surface area contributed by atoms with Gasteiger partial charge in [0.25, 0.3) is 0 Å². The van der Waals surface area contributed by atoms with Crippen molar-refractivity contribution in [1.82, 2.24) is 0 Å². The van der Waals surface area contributed by atoms with Crippen molar-refractivity contribution in [2.75, 3.05) is 7.11 Å². The summed E-state index contributed by atoms with van der Waals surface area (Å²) >= 11 is 0. The highest BCUT2D eigenvalue weighted by Gasteiger charge is 2.33. The van der Waals surface area contributed by atoms with E-state index in [2.05, 4.69) is 6.92 Å². The maximum atomic E-state index is 11.0. The topological polar surface area (TPSA) is 35.5 Å². The predicted octanol–water partition coefficient (Wildman–Crippen LogP) is 3.22. The molecule has 0 saturated heterocycles. The van der Waals surface area contributed by atoms with E-state index in [4.69, 9.17) is 9.47 Å². The van der Waals surface area contributed by atoms with Crippen molar-refractivity contribution in [3.63, 3.8) is 0 Å². The van der Waals surface area contributed by atoms with Gasteiger partial charge in [-0.15, -0.1) is 0 Å². The Kier molecular flexibility index (Phi) is 4.97. The number of carbonyl (C=O) groups is 1. The molecule has 1 aliphatic rings. The lowest BCUT2D eigenvalue weighted by Gasteiger charge is -2.12. The van der Waals surface area contributed by atoms with Crippen LogP contribution in [0.5, 0.6) is 5.75 Å². The number of ether oxygens (including phenoxy) is 2. The minimum Gasteiger partial charge on any atom is -0.497 e. The van der Waals surface area contributed by atoms with E-state index in [-0.39, 0.29) is 12.0 Å². The minimum atomic E-state index is 0.186. The van der Waals surface area contributed by atoms with E-state index in [0.717, 1.165) is 36.9 Å². The molecule has 3 atom stereocenters. The molecule has 0 bridgehead atoms. The second kappa shape index (κ2) is 6.71. The molecule has 1 aromatic carbocycles. The summed E-state index contributed by atoms with van der Waals surface area (Å²) in [6, 6.07) is 7.91. The average molecular weight is 262 g/mol. The second-order valence-corrected chi connectivity index (χ2v) is 5.22. The van der Waals surface area contributed by atoms with Gasteiger partial charge in [-0.3, -0.25) is 0 Å².